The van der Waals surface area contributed by atoms with Crippen molar-refractivity contribution in [3.8, 4) is 5.75 Å². The molecule has 7 nitrogen and oxygen atoms in total. The lowest BCUT2D eigenvalue weighted by molar-refractivity contribution is -0.533. The molecule has 126 valence electrons. The van der Waals surface area contributed by atoms with Gasteiger partial charge >= 0.3 is 10.8 Å². The van der Waals surface area contributed by atoms with E-state index >= 15 is 0 Å². The van der Waals surface area contributed by atoms with Crippen LogP contribution in [0.4, 0.5) is 4.79 Å². The summed E-state index contributed by atoms with van der Waals surface area (Å²) in [6.45, 7) is 0.785. The third kappa shape index (κ3) is 2.91. The van der Waals surface area contributed by atoms with E-state index in [0.29, 0.717) is 34.5 Å². The molecule has 3 amide bonds. The zero-order valence-electron chi connectivity index (χ0n) is 13.1. The van der Waals surface area contributed by atoms with Crippen LogP contribution in [0.2, 0.25) is 5.02 Å². The van der Waals surface area contributed by atoms with E-state index in [2.05, 4.69) is 20.9 Å². The molecule has 2 aliphatic heterocycles. The standard InChI is InChI=1S/C15H15BrClN4O3/c1-19-12-11(13(22)20(2)15(19)23)21(14(16)18-12)7-8-24-10-5-3-9(17)4-6-10/h3-6,11H,7-8H2,1-2H3/q+1. The normalized spacial score (nSPS) is 20.5. The van der Waals surface area contributed by atoms with Crippen molar-refractivity contribution in [1.82, 2.24) is 9.80 Å². The molecule has 9 heteroatoms. The zero-order valence-corrected chi connectivity index (χ0v) is 15.4. The van der Waals surface area contributed by atoms with E-state index in [0.717, 1.165) is 4.90 Å². The fraction of sp³-hybridized carbons (Fsp3) is 0.333. The summed E-state index contributed by atoms with van der Waals surface area (Å²) in [6.07, 6.45) is 0. The van der Waals surface area contributed by atoms with Gasteiger partial charge in [0.05, 0.1) is 15.9 Å². The zero-order chi connectivity index (χ0) is 17.4. The number of aliphatic imine (C=N–C) groups is 1. The van der Waals surface area contributed by atoms with Gasteiger partial charge in [0.2, 0.25) is 0 Å². The molecule has 0 bridgehead atoms. The number of amides is 3. The molecule has 0 spiro atoms. The van der Waals surface area contributed by atoms with Crippen LogP contribution in [0.25, 0.3) is 0 Å². The highest BCUT2D eigenvalue weighted by Gasteiger charge is 2.52. The van der Waals surface area contributed by atoms with Gasteiger partial charge in [-0.2, -0.15) is 0 Å². The molecule has 1 saturated heterocycles. The smallest absolute Gasteiger partial charge is 0.364 e. The monoisotopic (exact) mass is 413 g/mol. The van der Waals surface area contributed by atoms with Crippen molar-refractivity contribution in [1.29, 1.82) is 0 Å². The van der Waals surface area contributed by atoms with Gasteiger partial charge in [-0.1, -0.05) is 11.6 Å². The van der Waals surface area contributed by atoms with Crippen molar-refractivity contribution < 1.29 is 18.9 Å². The summed E-state index contributed by atoms with van der Waals surface area (Å²) in [7, 11) is 3.07. The van der Waals surface area contributed by atoms with Crippen molar-refractivity contribution in [2.45, 2.75) is 6.04 Å². The Hall–Kier alpha value is -1.93. The molecule has 1 fully saturated rings. The summed E-state index contributed by atoms with van der Waals surface area (Å²) < 4.78 is 7.95. The molecular weight excluding hydrogens is 400 g/mol. The summed E-state index contributed by atoms with van der Waals surface area (Å²) in [5.74, 6) is 0.800. The maximum atomic E-state index is 12.5. The first-order valence-electron chi connectivity index (χ1n) is 7.21. The Morgan fingerprint density at radius 2 is 1.92 bits per heavy atom. The number of likely N-dealkylation sites (N-methyl/N-ethyl adjacent to an activating group) is 2. The van der Waals surface area contributed by atoms with Crippen LogP contribution in [-0.4, -0.2) is 70.2 Å². The highest BCUT2D eigenvalue weighted by Crippen LogP contribution is 2.21. The molecule has 0 N–H and O–H groups in total. The largest absolute Gasteiger partial charge is 0.490 e. The highest BCUT2D eigenvalue weighted by atomic mass is 79.9. The Labute approximate surface area is 152 Å². The predicted octanol–water partition coefficient (Wildman–Crippen LogP) is 1.79. The number of nitrogens with zero attached hydrogens (tertiary/aromatic N) is 4. The van der Waals surface area contributed by atoms with Gasteiger partial charge in [0.25, 0.3) is 17.8 Å². The third-order valence-corrected chi connectivity index (χ3v) is 4.78. The highest BCUT2D eigenvalue weighted by molar-refractivity contribution is 9.18. The maximum absolute atomic E-state index is 12.5. The van der Waals surface area contributed by atoms with Gasteiger partial charge in [-0.05, 0) is 29.3 Å². The quantitative estimate of drug-likeness (QED) is 0.557. The number of rotatable bonds is 4. The lowest BCUT2D eigenvalue weighted by atomic mass is 10.1. The number of imide groups is 1. The van der Waals surface area contributed by atoms with E-state index in [9.17, 15) is 9.59 Å². The molecule has 1 aromatic carbocycles. The first kappa shape index (κ1) is 16.9. The van der Waals surface area contributed by atoms with Crippen LogP contribution in [0.5, 0.6) is 5.75 Å². The van der Waals surface area contributed by atoms with Crippen molar-refractivity contribution in [2.75, 3.05) is 27.2 Å². The maximum Gasteiger partial charge on any atom is 0.364 e. The van der Waals surface area contributed by atoms with Gasteiger partial charge in [0, 0.05) is 19.1 Å². The van der Waals surface area contributed by atoms with E-state index in [1.54, 1.807) is 35.9 Å². The molecule has 0 aromatic heterocycles. The minimum Gasteiger partial charge on any atom is -0.490 e. The summed E-state index contributed by atoms with van der Waals surface area (Å²) in [5, 5.41) is 0.638. The number of amidine groups is 2. The van der Waals surface area contributed by atoms with Crippen LogP contribution in [-0.2, 0) is 4.79 Å². The first-order valence-corrected chi connectivity index (χ1v) is 8.38. The Morgan fingerprint density at radius 1 is 1.25 bits per heavy atom. The number of hydrogen-bond acceptors (Lipinski definition) is 4. The molecule has 1 aromatic rings. The van der Waals surface area contributed by atoms with Crippen LogP contribution in [0, 0.1) is 0 Å². The Balaban J connectivity index is 1.70. The average molecular weight is 415 g/mol. The summed E-state index contributed by atoms with van der Waals surface area (Å²) in [5.41, 5.74) is 0. The number of fused-ring (bicyclic) bond motifs is 1. The number of carbonyl (C=O) groups excluding carboxylic acids is 2. The topological polar surface area (TPSA) is 65.2 Å². The third-order valence-electron chi connectivity index (χ3n) is 3.90. The van der Waals surface area contributed by atoms with Crippen molar-refractivity contribution in [2.24, 2.45) is 4.99 Å². The average Bonchev–Trinajstić information content (AvgIpc) is 2.90. The molecular formula is C15H15BrClN4O3+. The number of ether oxygens (including phenoxy) is 1. The van der Waals surface area contributed by atoms with Crippen LogP contribution in [0.3, 0.4) is 0 Å². The van der Waals surface area contributed by atoms with E-state index in [-0.39, 0.29) is 5.91 Å². The second-order valence-corrected chi connectivity index (χ2v) is 6.52. The van der Waals surface area contributed by atoms with Gasteiger partial charge < -0.3 is 4.74 Å². The number of halogens is 2. The second kappa shape index (κ2) is 6.52. The molecule has 0 saturated carbocycles. The lowest BCUT2D eigenvalue weighted by Crippen LogP contribution is -2.61. The van der Waals surface area contributed by atoms with Gasteiger partial charge in [-0.15, -0.1) is 0 Å². The molecule has 2 heterocycles. The van der Waals surface area contributed by atoms with E-state index in [1.165, 1.54) is 11.9 Å². The molecule has 2 aliphatic rings. The van der Waals surface area contributed by atoms with E-state index in [4.69, 9.17) is 16.3 Å². The summed E-state index contributed by atoms with van der Waals surface area (Å²) in [4.78, 5) is 31.2. The van der Waals surface area contributed by atoms with E-state index < -0.39 is 12.1 Å². The van der Waals surface area contributed by atoms with Gasteiger partial charge in [0.1, 0.15) is 18.9 Å². The van der Waals surface area contributed by atoms with Crippen molar-refractivity contribution >= 4 is 50.0 Å². The molecule has 1 atom stereocenters. The summed E-state index contributed by atoms with van der Waals surface area (Å²) in [6, 6.07) is 6.03. The fourth-order valence-corrected chi connectivity index (χ4v) is 3.27. The SMILES string of the molecule is CN1C(=O)C2C(=NC(Br)=[N+]2CCOc2ccc(Cl)cc2)N(C)C1=O. The molecule has 1 unspecified atom stereocenters. The van der Waals surface area contributed by atoms with Crippen molar-refractivity contribution in [3.63, 3.8) is 0 Å². The number of urea groups is 1. The Kier molecular flexibility index (Phi) is 4.60. The fourth-order valence-electron chi connectivity index (χ4n) is 2.58. The molecule has 0 radical (unpaired) electrons. The van der Waals surface area contributed by atoms with Crippen LogP contribution in [0.1, 0.15) is 0 Å². The molecule has 0 aliphatic carbocycles. The number of benzene rings is 1. The Morgan fingerprint density at radius 3 is 2.58 bits per heavy atom. The van der Waals surface area contributed by atoms with E-state index in [1.807, 2.05) is 0 Å². The molecule has 3 rings (SSSR count). The minimum absolute atomic E-state index is 0.308. The van der Waals surface area contributed by atoms with Gasteiger partial charge in [0.15, 0.2) is 0 Å². The van der Waals surface area contributed by atoms with Crippen molar-refractivity contribution in [3.05, 3.63) is 29.3 Å². The second-order valence-electron chi connectivity index (χ2n) is 5.38. The summed E-state index contributed by atoms with van der Waals surface area (Å²) >= 11 is 9.20. The van der Waals surface area contributed by atoms with Crippen LogP contribution >= 0.6 is 27.5 Å². The Bertz CT molecular complexity index is 762. The predicted molar refractivity (Wildman–Crippen MR) is 93.2 cm³/mol. The number of hydrogen-bond donors (Lipinski definition) is 0. The van der Waals surface area contributed by atoms with Gasteiger partial charge in [-0.3, -0.25) is 14.6 Å². The first-order chi connectivity index (χ1) is 11.4. The van der Waals surface area contributed by atoms with Crippen LogP contribution < -0.4 is 4.74 Å². The van der Waals surface area contributed by atoms with Crippen LogP contribution in [0.15, 0.2) is 29.3 Å². The van der Waals surface area contributed by atoms with Gasteiger partial charge in [-0.25, -0.2) is 9.37 Å². The minimum atomic E-state index is -0.624. The number of carbonyl (C=O) groups is 2. The lowest BCUT2D eigenvalue weighted by Gasteiger charge is -2.30. The molecule has 24 heavy (non-hydrogen) atoms.